The number of thioether (sulfide) groups is 1. The molecule has 0 aliphatic rings. The lowest BCUT2D eigenvalue weighted by Crippen LogP contribution is -2.15. The number of hydrogen-bond acceptors (Lipinski definition) is 7. The quantitative estimate of drug-likeness (QED) is 0.348. The second kappa shape index (κ2) is 9.15. The van der Waals surface area contributed by atoms with E-state index in [9.17, 15) is 9.59 Å². The van der Waals surface area contributed by atoms with Crippen molar-refractivity contribution in [1.82, 2.24) is 20.2 Å². The van der Waals surface area contributed by atoms with Gasteiger partial charge in [0.2, 0.25) is 11.1 Å². The minimum atomic E-state index is -0.504. The van der Waals surface area contributed by atoms with Crippen molar-refractivity contribution in [3.05, 3.63) is 71.2 Å². The highest BCUT2D eigenvalue weighted by Crippen LogP contribution is 2.26. The molecule has 0 aliphatic carbocycles. The Morgan fingerprint density at radius 3 is 2.74 bits per heavy atom. The molecule has 4 rings (SSSR count). The average molecular weight is 454 g/mol. The third-order valence-corrected chi connectivity index (χ3v) is 5.66. The Bertz CT molecular complexity index is 1270. The van der Waals surface area contributed by atoms with E-state index in [2.05, 4.69) is 25.6 Å². The number of carbonyl (C=O) groups excluding carboxylic acids is 2. The average Bonchev–Trinajstić information content (AvgIpc) is 3.26. The molecule has 0 radical (unpaired) electrons. The van der Waals surface area contributed by atoms with Crippen LogP contribution in [0.1, 0.15) is 10.4 Å². The first-order valence-corrected chi connectivity index (χ1v) is 10.5. The lowest BCUT2D eigenvalue weighted by molar-refractivity contribution is -0.113. The number of nitrogens with zero attached hydrogens (tertiary/aromatic N) is 4. The van der Waals surface area contributed by atoms with E-state index in [1.807, 2.05) is 42.5 Å². The van der Waals surface area contributed by atoms with Gasteiger partial charge in [0.1, 0.15) is 0 Å². The number of esters is 1. The van der Waals surface area contributed by atoms with E-state index in [1.54, 1.807) is 10.7 Å². The maximum Gasteiger partial charge on any atom is 0.337 e. The molecule has 0 saturated carbocycles. The van der Waals surface area contributed by atoms with Crippen molar-refractivity contribution in [1.29, 1.82) is 0 Å². The third kappa shape index (κ3) is 4.52. The van der Waals surface area contributed by atoms with Crippen LogP contribution >= 0.6 is 23.4 Å². The number of rotatable bonds is 6. The van der Waals surface area contributed by atoms with E-state index in [0.717, 1.165) is 16.5 Å². The standard InChI is InChI=1S/C21H16ClN5O3S/c1-30-20(29)14-9-10-17(16(22)11-14)23-19(28)12-31-21-24-25-26-27(21)18-8-4-6-13-5-2-3-7-15(13)18/h2-11H,12H2,1H3,(H,23,28). The number of hydrogen-bond donors (Lipinski definition) is 1. The fourth-order valence-electron chi connectivity index (χ4n) is 2.99. The predicted octanol–water partition coefficient (Wildman–Crippen LogP) is 3.99. The van der Waals surface area contributed by atoms with Gasteiger partial charge in [-0.2, -0.15) is 4.68 Å². The van der Waals surface area contributed by atoms with Gasteiger partial charge in [-0.1, -0.05) is 59.8 Å². The number of benzene rings is 3. The van der Waals surface area contributed by atoms with Gasteiger partial charge >= 0.3 is 5.97 Å². The van der Waals surface area contributed by atoms with Crippen molar-refractivity contribution >= 4 is 51.7 Å². The summed E-state index contributed by atoms with van der Waals surface area (Å²) in [6, 6.07) is 18.3. The molecule has 1 aromatic heterocycles. The Hall–Kier alpha value is -3.43. The van der Waals surface area contributed by atoms with Gasteiger partial charge in [0.05, 0.1) is 34.8 Å². The van der Waals surface area contributed by atoms with Gasteiger partial charge in [-0.25, -0.2) is 4.79 Å². The van der Waals surface area contributed by atoms with Gasteiger partial charge in [0, 0.05) is 5.39 Å². The molecule has 0 aliphatic heterocycles. The lowest BCUT2D eigenvalue weighted by Gasteiger charge is -2.09. The Morgan fingerprint density at radius 1 is 1.13 bits per heavy atom. The molecule has 10 heteroatoms. The summed E-state index contributed by atoms with van der Waals surface area (Å²) in [4.78, 5) is 24.0. The van der Waals surface area contributed by atoms with Gasteiger partial charge in [-0.05, 0) is 40.1 Å². The molecule has 0 saturated heterocycles. The van der Waals surface area contributed by atoms with Crippen LogP contribution in [0, 0.1) is 0 Å². The van der Waals surface area contributed by atoms with Crippen molar-refractivity contribution in [2.75, 3.05) is 18.2 Å². The fraction of sp³-hybridized carbons (Fsp3) is 0.0952. The van der Waals surface area contributed by atoms with Crippen molar-refractivity contribution in [2.45, 2.75) is 5.16 Å². The smallest absolute Gasteiger partial charge is 0.337 e. The number of nitrogens with one attached hydrogen (secondary N) is 1. The summed E-state index contributed by atoms with van der Waals surface area (Å²) in [5.41, 5.74) is 1.52. The van der Waals surface area contributed by atoms with Crippen LogP contribution in [0.2, 0.25) is 5.02 Å². The molecule has 1 N–H and O–H groups in total. The largest absolute Gasteiger partial charge is 0.465 e. The number of methoxy groups -OCH3 is 1. The number of tetrazole rings is 1. The first-order chi connectivity index (χ1) is 15.1. The van der Waals surface area contributed by atoms with E-state index in [0.29, 0.717) is 16.4 Å². The molecule has 0 fully saturated rings. The van der Waals surface area contributed by atoms with E-state index < -0.39 is 5.97 Å². The molecule has 0 unspecified atom stereocenters. The SMILES string of the molecule is COC(=O)c1ccc(NC(=O)CSc2nnnn2-c2cccc3ccccc23)c(Cl)c1. The molecule has 8 nitrogen and oxygen atoms in total. The molecular formula is C21H16ClN5O3S. The van der Waals surface area contributed by atoms with Crippen molar-refractivity contribution in [3.63, 3.8) is 0 Å². The molecule has 0 atom stereocenters. The van der Waals surface area contributed by atoms with E-state index in [1.165, 1.54) is 31.0 Å². The zero-order valence-corrected chi connectivity index (χ0v) is 17.9. The minimum Gasteiger partial charge on any atom is -0.465 e. The summed E-state index contributed by atoms with van der Waals surface area (Å²) in [5, 5.41) is 17.4. The number of halogens is 1. The summed E-state index contributed by atoms with van der Waals surface area (Å²) in [7, 11) is 1.29. The van der Waals surface area contributed by atoms with E-state index in [-0.39, 0.29) is 16.7 Å². The first-order valence-electron chi connectivity index (χ1n) is 9.14. The topological polar surface area (TPSA) is 99.0 Å². The Labute approximate surface area is 186 Å². The Kier molecular flexibility index (Phi) is 6.15. The summed E-state index contributed by atoms with van der Waals surface area (Å²) in [5.74, 6) is -0.721. The van der Waals surface area contributed by atoms with Crippen LogP contribution in [0.3, 0.4) is 0 Å². The van der Waals surface area contributed by atoms with Crippen LogP contribution in [0.15, 0.2) is 65.8 Å². The molecule has 4 aromatic rings. The highest BCUT2D eigenvalue weighted by Gasteiger charge is 2.15. The van der Waals surface area contributed by atoms with Gasteiger partial charge in [-0.3, -0.25) is 4.79 Å². The van der Waals surface area contributed by atoms with E-state index in [4.69, 9.17) is 11.6 Å². The summed E-state index contributed by atoms with van der Waals surface area (Å²) in [6.45, 7) is 0. The number of carbonyl (C=O) groups is 2. The molecule has 0 spiro atoms. The number of amides is 1. The normalized spacial score (nSPS) is 10.8. The fourth-order valence-corrected chi connectivity index (χ4v) is 3.90. The Balaban J connectivity index is 1.47. The van der Waals surface area contributed by atoms with Crippen LogP contribution in [0.25, 0.3) is 16.5 Å². The highest BCUT2D eigenvalue weighted by atomic mass is 35.5. The molecule has 1 amide bonds. The second-order valence-electron chi connectivity index (χ2n) is 6.39. The van der Waals surface area contributed by atoms with Gasteiger partial charge in [0.25, 0.3) is 0 Å². The van der Waals surface area contributed by atoms with Gasteiger partial charge in [0.15, 0.2) is 0 Å². The zero-order chi connectivity index (χ0) is 21.8. The predicted molar refractivity (Wildman–Crippen MR) is 119 cm³/mol. The minimum absolute atomic E-state index is 0.0697. The highest BCUT2D eigenvalue weighted by molar-refractivity contribution is 7.99. The maximum atomic E-state index is 12.4. The lowest BCUT2D eigenvalue weighted by atomic mass is 10.1. The van der Waals surface area contributed by atoms with Gasteiger partial charge in [-0.15, -0.1) is 5.10 Å². The molecule has 31 heavy (non-hydrogen) atoms. The van der Waals surface area contributed by atoms with E-state index >= 15 is 0 Å². The van der Waals surface area contributed by atoms with Crippen LogP contribution in [0.5, 0.6) is 0 Å². The monoisotopic (exact) mass is 453 g/mol. The number of fused-ring (bicyclic) bond motifs is 1. The van der Waals surface area contributed by atoms with Gasteiger partial charge < -0.3 is 10.1 Å². The summed E-state index contributed by atoms with van der Waals surface area (Å²) >= 11 is 7.37. The molecule has 1 heterocycles. The second-order valence-corrected chi connectivity index (χ2v) is 7.74. The first kappa shape index (κ1) is 20.8. The van der Waals surface area contributed by atoms with Crippen LogP contribution in [-0.4, -0.2) is 44.9 Å². The van der Waals surface area contributed by atoms with Crippen LogP contribution < -0.4 is 5.32 Å². The van der Waals surface area contributed by atoms with Crippen molar-refractivity contribution < 1.29 is 14.3 Å². The number of anilines is 1. The van der Waals surface area contributed by atoms with Crippen molar-refractivity contribution in [3.8, 4) is 5.69 Å². The van der Waals surface area contributed by atoms with Crippen LogP contribution in [0.4, 0.5) is 5.69 Å². The van der Waals surface area contributed by atoms with Crippen molar-refractivity contribution in [2.24, 2.45) is 0 Å². The Morgan fingerprint density at radius 2 is 1.94 bits per heavy atom. The molecule has 3 aromatic carbocycles. The summed E-state index contributed by atoms with van der Waals surface area (Å²) < 4.78 is 6.27. The molecule has 0 bridgehead atoms. The molecular weight excluding hydrogens is 438 g/mol. The van der Waals surface area contributed by atoms with Crippen LogP contribution in [-0.2, 0) is 9.53 Å². The third-order valence-electron chi connectivity index (χ3n) is 4.43. The maximum absolute atomic E-state index is 12.4. The summed E-state index contributed by atoms with van der Waals surface area (Å²) in [6.07, 6.45) is 0. The number of ether oxygens (including phenoxy) is 1. The molecule has 156 valence electrons. The number of aromatic nitrogens is 4. The zero-order valence-electron chi connectivity index (χ0n) is 16.3.